The lowest BCUT2D eigenvalue weighted by Gasteiger charge is -2.15. The van der Waals surface area contributed by atoms with Crippen molar-refractivity contribution in [2.24, 2.45) is 0 Å². The van der Waals surface area contributed by atoms with Gasteiger partial charge in [-0.1, -0.05) is 11.6 Å². The third kappa shape index (κ3) is 4.32. The van der Waals surface area contributed by atoms with Crippen molar-refractivity contribution < 1.29 is 19.1 Å². The van der Waals surface area contributed by atoms with Crippen LogP contribution in [-0.4, -0.2) is 35.1 Å². The number of esters is 1. The summed E-state index contributed by atoms with van der Waals surface area (Å²) >= 11 is 5.95. The summed E-state index contributed by atoms with van der Waals surface area (Å²) in [5, 5.41) is 3.08. The topological polar surface area (TPSA) is 90.4 Å². The van der Waals surface area contributed by atoms with E-state index in [1.54, 1.807) is 42.6 Å². The Kier molecular flexibility index (Phi) is 5.52. The zero-order chi connectivity index (χ0) is 19.4. The summed E-state index contributed by atoms with van der Waals surface area (Å²) in [4.78, 5) is 33.0. The lowest BCUT2D eigenvalue weighted by atomic mass is 10.2. The maximum atomic E-state index is 12.4. The summed E-state index contributed by atoms with van der Waals surface area (Å²) < 4.78 is 10.4. The fourth-order valence-corrected chi connectivity index (χ4v) is 2.56. The largest absolute Gasteiger partial charge is 0.495 e. The van der Waals surface area contributed by atoms with Crippen molar-refractivity contribution in [3.05, 3.63) is 59.4 Å². The van der Waals surface area contributed by atoms with Crippen LogP contribution in [0.15, 0.2) is 48.8 Å². The van der Waals surface area contributed by atoms with Gasteiger partial charge < -0.3 is 14.8 Å². The third-order valence-corrected chi connectivity index (χ3v) is 4.01. The maximum Gasteiger partial charge on any atom is 0.338 e. The number of ether oxygens (including phenoxy) is 2. The molecule has 3 aromatic rings. The highest BCUT2D eigenvalue weighted by Crippen LogP contribution is 2.27. The predicted molar refractivity (Wildman–Crippen MR) is 101 cm³/mol. The van der Waals surface area contributed by atoms with Crippen LogP contribution < -0.4 is 10.1 Å². The number of halogens is 1. The number of hydrogen-bond acceptors (Lipinski definition) is 6. The Morgan fingerprint density at radius 2 is 1.81 bits per heavy atom. The molecule has 3 rings (SSSR count). The fourth-order valence-electron chi connectivity index (χ4n) is 2.38. The van der Waals surface area contributed by atoms with Crippen LogP contribution in [0, 0.1) is 0 Å². The Morgan fingerprint density at radius 1 is 1.07 bits per heavy atom. The van der Waals surface area contributed by atoms with Gasteiger partial charge in [0, 0.05) is 17.4 Å². The van der Waals surface area contributed by atoms with Crippen molar-refractivity contribution in [3.63, 3.8) is 0 Å². The molecular formula is C19H16ClN3O4. The molecule has 0 fully saturated rings. The number of benzene rings is 2. The lowest BCUT2D eigenvalue weighted by Crippen LogP contribution is -2.30. The Balaban J connectivity index is 1.70. The van der Waals surface area contributed by atoms with Gasteiger partial charge in [-0.05, 0) is 43.3 Å². The van der Waals surface area contributed by atoms with Crippen LogP contribution in [0.1, 0.15) is 17.3 Å². The van der Waals surface area contributed by atoms with Gasteiger partial charge in [0.05, 0.1) is 29.4 Å². The van der Waals surface area contributed by atoms with E-state index in [1.807, 2.05) is 0 Å². The minimum Gasteiger partial charge on any atom is -0.495 e. The molecule has 0 aliphatic heterocycles. The molecule has 1 amide bonds. The average Bonchev–Trinajstić information content (AvgIpc) is 2.67. The first-order valence-corrected chi connectivity index (χ1v) is 8.42. The van der Waals surface area contributed by atoms with Crippen molar-refractivity contribution in [1.29, 1.82) is 0 Å². The number of carbonyl (C=O) groups excluding carboxylic acids is 2. The monoisotopic (exact) mass is 385 g/mol. The van der Waals surface area contributed by atoms with Crippen LogP contribution in [0.25, 0.3) is 11.0 Å². The molecular weight excluding hydrogens is 370 g/mol. The normalized spacial score (nSPS) is 11.7. The summed E-state index contributed by atoms with van der Waals surface area (Å²) in [5.74, 6) is -0.702. The quantitative estimate of drug-likeness (QED) is 0.676. The Morgan fingerprint density at radius 3 is 2.56 bits per heavy atom. The van der Waals surface area contributed by atoms with Gasteiger partial charge >= 0.3 is 5.97 Å². The van der Waals surface area contributed by atoms with Crippen LogP contribution in [0.3, 0.4) is 0 Å². The minimum absolute atomic E-state index is 0.281. The van der Waals surface area contributed by atoms with E-state index in [9.17, 15) is 9.59 Å². The van der Waals surface area contributed by atoms with Gasteiger partial charge in [-0.15, -0.1) is 0 Å². The molecule has 1 heterocycles. The maximum absolute atomic E-state index is 12.4. The smallest absolute Gasteiger partial charge is 0.338 e. The lowest BCUT2D eigenvalue weighted by molar-refractivity contribution is -0.123. The number of methoxy groups -OCH3 is 1. The third-order valence-electron chi connectivity index (χ3n) is 3.78. The minimum atomic E-state index is -1.03. The number of fused-ring (bicyclic) bond motifs is 1. The van der Waals surface area contributed by atoms with Crippen molar-refractivity contribution in [1.82, 2.24) is 9.97 Å². The van der Waals surface area contributed by atoms with E-state index in [2.05, 4.69) is 15.3 Å². The number of carbonyl (C=O) groups is 2. The van der Waals surface area contributed by atoms with E-state index in [1.165, 1.54) is 20.2 Å². The molecule has 1 aromatic heterocycles. The molecule has 2 aromatic carbocycles. The van der Waals surface area contributed by atoms with Gasteiger partial charge in [0.1, 0.15) is 5.75 Å². The summed E-state index contributed by atoms with van der Waals surface area (Å²) in [6, 6.07) is 9.63. The summed E-state index contributed by atoms with van der Waals surface area (Å²) in [6.45, 7) is 1.48. The Bertz CT molecular complexity index is 1010. The molecule has 0 aliphatic rings. The molecule has 0 radical (unpaired) electrons. The predicted octanol–water partition coefficient (Wildman–Crippen LogP) is 3.48. The molecule has 0 spiro atoms. The SMILES string of the molecule is COc1ccc(Cl)cc1NC(=O)[C@@H](C)OC(=O)c1ccc2nccnc2c1. The first kappa shape index (κ1) is 18.6. The highest BCUT2D eigenvalue weighted by molar-refractivity contribution is 6.31. The van der Waals surface area contributed by atoms with E-state index in [4.69, 9.17) is 21.1 Å². The number of hydrogen-bond donors (Lipinski definition) is 1. The zero-order valence-corrected chi connectivity index (χ0v) is 15.4. The molecule has 0 bridgehead atoms. The molecule has 1 N–H and O–H groups in total. The zero-order valence-electron chi connectivity index (χ0n) is 14.6. The molecule has 8 heteroatoms. The van der Waals surface area contributed by atoms with Crippen LogP contribution in [0.4, 0.5) is 5.69 Å². The fraction of sp³-hybridized carbons (Fsp3) is 0.158. The molecule has 7 nitrogen and oxygen atoms in total. The summed E-state index contributed by atoms with van der Waals surface area (Å²) in [6.07, 6.45) is 2.07. The molecule has 1 atom stereocenters. The van der Waals surface area contributed by atoms with E-state index >= 15 is 0 Å². The molecule has 0 unspecified atom stereocenters. The van der Waals surface area contributed by atoms with E-state index in [-0.39, 0.29) is 5.56 Å². The summed E-state index contributed by atoms with van der Waals surface area (Å²) in [5.41, 5.74) is 1.89. The van der Waals surface area contributed by atoms with Gasteiger partial charge in [-0.25, -0.2) is 4.79 Å². The van der Waals surface area contributed by atoms with Gasteiger partial charge in [-0.3, -0.25) is 14.8 Å². The van der Waals surface area contributed by atoms with Crippen molar-refractivity contribution in [2.75, 3.05) is 12.4 Å². The first-order valence-electron chi connectivity index (χ1n) is 8.04. The van der Waals surface area contributed by atoms with E-state index in [0.29, 0.717) is 27.5 Å². The molecule has 0 saturated heterocycles. The van der Waals surface area contributed by atoms with Crippen LogP contribution >= 0.6 is 11.6 Å². The van der Waals surface area contributed by atoms with Crippen LogP contribution in [0.2, 0.25) is 5.02 Å². The van der Waals surface area contributed by atoms with E-state index in [0.717, 1.165) is 0 Å². The van der Waals surface area contributed by atoms with Crippen LogP contribution in [-0.2, 0) is 9.53 Å². The highest BCUT2D eigenvalue weighted by atomic mass is 35.5. The summed E-state index contributed by atoms with van der Waals surface area (Å²) in [7, 11) is 1.48. The number of anilines is 1. The molecule has 27 heavy (non-hydrogen) atoms. The number of rotatable bonds is 5. The van der Waals surface area contributed by atoms with Gasteiger partial charge in [0.2, 0.25) is 0 Å². The molecule has 0 aliphatic carbocycles. The second-order valence-corrected chi connectivity index (χ2v) is 6.08. The van der Waals surface area contributed by atoms with Crippen molar-refractivity contribution in [3.8, 4) is 5.75 Å². The second-order valence-electron chi connectivity index (χ2n) is 5.64. The molecule has 0 saturated carbocycles. The Hall–Kier alpha value is -3.19. The van der Waals surface area contributed by atoms with Gasteiger partial charge in [0.15, 0.2) is 6.10 Å². The number of amides is 1. The van der Waals surface area contributed by atoms with Gasteiger partial charge in [0.25, 0.3) is 5.91 Å². The standard InChI is InChI=1S/C19H16ClN3O4/c1-11(18(24)23-16-10-13(20)4-6-17(16)26-2)27-19(25)12-3-5-14-15(9-12)22-8-7-21-14/h3-11H,1-2H3,(H,23,24)/t11-/m1/s1. The molecule has 138 valence electrons. The van der Waals surface area contributed by atoms with Gasteiger partial charge in [-0.2, -0.15) is 0 Å². The van der Waals surface area contributed by atoms with Crippen LogP contribution in [0.5, 0.6) is 5.75 Å². The van der Waals surface area contributed by atoms with E-state index < -0.39 is 18.0 Å². The van der Waals surface area contributed by atoms with Crippen molar-refractivity contribution >= 4 is 40.2 Å². The number of nitrogens with one attached hydrogen (secondary N) is 1. The second kappa shape index (κ2) is 8.01. The van der Waals surface area contributed by atoms with Crippen molar-refractivity contribution in [2.45, 2.75) is 13.0 Å². The first-order chi connectivity index (χ1) is 13.0. The Labute approximate surface area is 160 Å². The number of aromatic nitrogens is 2. The number of nitrogens with zero attached hydrogens (tertiary/aromatic N) is 2. The highest BCUT2D eigenvalue weighted by Gasteiger charge is 2.20. The average molecular weight is 386 g/mol.